The summed E-state index contributed by atoms with van der Waals surface area (Å²) in [5.74, 6) is 0.919. The molecule has 2 rings (SSSR count). The third-order valence-electron chi connectivity index (χ3n) is 3.00. The number of rotatable bonds is 3. The lowest BCUT2D eigenvalue weighted by molar-refractivity contribution is 0.110. The van der Waals surface area contributed by atoms with Crippen LogP contribution in [0.2, 0.25) is 0 Å². The SMILES string of the molecule is Cc1ncc(C=O)n1CN1CCCCC1. The molecule has 0 atom stereocenters. The highest BCUT2D eigenvalue weighted by Gasteiger charge is 2.13. The van der Waals surface area contributed by atoms with E-state index >= 15 is 0 Å². The number of imidazole rings is 1. The lowest BCUT2D eigenvalue weighted by Gasteiger charge is -2.27. The minimum Gasteiger partial charge on any atom is -0.312 e. The van der Waals surface area contributed by atoms with Crippen molar-refractivity contribution >= 4 is 6.29 Å². The minimum absolute atomic E-state index is 0.679. The summed E-state index contributed by atoms with van der Waals surface area (Å²) in [5, 5.41) is 0. The first-order valence-electron chi connectivity index (χ1n) is 5.51. The second kappa shape index (κ2) is 4.57. The van der Waals surface area contributed by atoms with Crippen LogP contribution in [-0.4, -0.2) is 33.8 Å². The Morgan fingerprint density at radius 3 is 2.80 bits per heavy atom. The predicted octanol–water partition coefficient (Wildman–Crippen LogP) is 1.45. The summed E-state index contributed by atoms with van der Waals surface area (Å²) in [5.41, 5.74) is 0.679. The Hall–Kier alpha value is -1.16. The van der Waals surface area contributed by atoms with Crippen LogP contribution in [0.15, 0.2) is 6.20 Å². The van der Waals surface area contributed by atoms with Gasteiger partial charge in [0.25, 0.3) is 0 Å². The van der Waals surface area contributed by atoms with Crippen molar-refractivity contribution in [1.82, 2.24) is 14.5 Å². The van der Waals surface area contributed by atoms with Crippen LogP contribution >= 0.6 is 0 Å². The number of carbonyl (C=O) groups excluding carboxylic acids is 1. The second-order valence-corrected chi connectivity index (χ2v) is 4.10. The van der Waals surface area contributed by atoms with Crippen LogP contribution in [0.4, 0.5) is 0 Å². The van der Waals surface area contributed by atoms with Crippen molar-refractivity contribution in [1.29, 1.82) is 0 Å². The number of hydrogen-bond donors (Lipinski definition) is 0. The zero-order valence-corrected chi connectivity index (χ0v) is 9.15. The van der Waals surface area contributed by atoms with Crippen LogP contribution in [-0.2, 0) is 6.67 Å². The van der Waals surface area contributed by atoms with Crippen molar-refractivity contribution in [3.05, 3.63) is 17.7 Å². The van der Waals surface area contributed by atoms with Gasteiger partial charge in [-0.25, -0.2) is 4.98 Å². The molecule has 1 fully saturated rings. The Balaban J connectivity index is 2.08. The third-order valence-corrected chi connectivity index (χ3v) is 3.00. The highest BCUT2D eigenvalue weighted by Crippen LogP contribution is 2.11. The fraction of sp³-hybridized carbons (Fsp3) is 0.636. The molecular formula is C11H17N3O. The van der Waals surface area contributed by atoms with E-state index in [-0.39, 0.29) is 0 Å². The van der Waals surface area contributed by atoms with E-state index < -0.39 is 0 Å². The fourth-order valence-electron chi connectivity index (χ4n) is 2.06. The summed E-state index contributed by atoms with van der Waals surface area (Å²) in [7, 11) is 0. The molecule has 0 saturated carbocycles. The highest BCUT2D eigenvalue weighted by atomic mass is 16.1. The van der Waals surface area contributed by atoms with Crippen molar-refractivity contribution in [2.24, 2.45) is 0 Å². The molecule has 2 heterocycles. The van der Waals surface area contributed by atoms with Crippen LogP contribution in [0.3, 0.4) is 0 Å². The molecule has 0 unspecified atom stereocenters. The van der Waals surface area contributed by atoms with Gasteiger partial charge in [0, 0.05) is 0 Å². The number of nitrogens with zero attached hydrogens (tertiary/aromatic N) is 3. The molecule has 15 heavy (non-hydrogen) atoms. The Labute approximate surface area is 89.9 Å². The van der Waals surface area contributed by atoms with Crippen molar-refractivity contribution in [2.75, 3.05) is 13.1 Å². The molecule has 1 aliphatic heterocycles. The van der Waals surface area contributed by atoms with E-state index in [1.54, 1.807) is 6.20 Å². The number of carbonyl (C=O) groups is 1. The van der Waals surface area contributed by atoms with Gasteiger partial charge in [-0.2, -0.15) is 0 Å². The summed E-state index contributed by atoms with van der Waals surface area (Å²) >= 11 is 0. The number of hydrogen-bond acceptors (Lipinski definition) is 3. The van der Waals surface area contributed by atoms with Gasteiger partial charge >= 0.3 is 0 Å². The van der Waals surface area contributed by atoms with Crippen molar-refractivity contribution in [3.8, 4) is 0 Å². The van der Waals surface area contributed by atoms with Gasteiger partial charge in [-0.05, 0) is 32.9 Å². The van der Waals surface area contributed by atoms with Crippen molar-refractivity contribution in [2.45, 2.75) is 32.9 Å². The van der Waals surface area contributed by atoms with Crippen LogP contribution in [0.1, 0.15) is 35.6 Å². The van der Waals surface area contributed by atoms with Crippen LogP contribution < -0.4 is 0 Å². The molecule has 4 nitrogen and oxygen atoms in total. The van der Waals surface area contributed by atoms with E-state index in [2.05, 4.69) is 9.88 Å². The van der Waals surface area contributed by atoms with Crippen molar-refractivity contribution in [3.63, 3.8) is 0 Å². The minimum atomic E-state index is 0.679. The zero-order chi connectivity index (χ0) is 10.7. The van der Waals surface area contributed by atoms with Gasteiger partial charge in [-0.1, -0.05) is 6.42 Å². The third kappa shape index (κ3) is 2.26. The molecule has 1 aromatic heterocycles. The molecule has 0 bridgehead atoms. The molecule has 4 heteroatoms. The molecule has 1 saturated heterocycles. The summed E-state index contributed by atoms with van der Waals surface area (Å²) in [4.78, 5) is 17.3. The number of aldehydes is 1. The molecule has 0 spiro atoms. The van der Waals surface area contributed by atoms with Crippen LogP contribution in [0, 0.1) is 6.92 Å². The van der Waals surface area contributed by atoms with Crippen LogP contribution in [0.5, 0.6) is 0 Å². The normalized spacial score (nSPS) is 17.9. The average molecular weight is 207 g/mol. The topological polar surface area (TPSA) is 38.1 Å². The average Bonchev–Trinajstić information content (AvgIpc) is 2.62. The summed E-state index contributed by atoms with van der Waals surface area (Å²) in [6.45, 7) is 5.02. The molecule has 0 aliphatic carbocycles. The first kappa shape index (κ1) is 10.4. The summed E-state index contributed by atoms with van der Waals surface area (Å²) < 4.78 is 1.98. The van der Waals surface area contributed by atoms with E-state index in [9.17, 15) is 4.79 Å². The predicted molar refractivity (Wildman–Crippen MR) is 57.8 cm³/mol. The maximum absolute atomic E-state index is 10.8. The van der Waals surface area contributed by atoms with E-state index in [4.69, 9.17) is 0 Å². The second-order valence-electron chi connectivity index (χ2n) is 4.10. The van der Waals surface area contributed by atoms with Gasteiger partial charge in [0.1, 0.15) is 11.5 Å². The summed E-state index contributed by atoms with van der Waals surface area (Å²) in [6, 6.07) is 0. The lowest BCUT2D eigenvalue weighted by atomic mass is 10.1. The highest BCUT2D eigenvalue weighted by molar-refractivity contribution is 5.71. The number of piperidine rings is 1. The molecule has 0 N–H and O–H groups in total. The number of aryl methyl sites for hydroxylation is 1. The molecule has 1 aliphatic rings. The Kier molecular flexibility index (Phi) is 3.16. The largest absolute Gasteiger partial charge is 0.312 e. The van der Waals surface area contributed by atoms with E-state index in [1.807, 2.05) is 11.5 Å². The fourth-order valence-corrected chi connectivity index (χ4v) is 2.06. The van der Waals surface area contributed by atoms with Crippen LogP contribution in [0.25, 0.3) is 0 Å². The lowest BCUT2D eigenvalue weighted by Crippen LogP contribution is -2.32. The van der Waals surface area contributed by atoms with Crippen molar-refractivity contribution < 1.29 is 4.79 Å². The zero-order valence-electron chi connectivity index (χ0n) is 9.15. The molecule has 1 aromatic rings. The van der Waals surface area contributed by atoms with Gasteiger partial charge in [0.05, 0.1) is 12.9 Å². The molecule has 82 valence electrons. The summed E-state index contributed by atoms with van der Waals surface area (Å²) in [6.07, 6.45) is 6.39. The van der Waals surface area contributed by atoms with Gasteiger partial charge in [-0.3, -0.25) is 9.69 Å². The number of likely N-dealkylation sites (tertiary alicyclic amines) is 1. The maximum Gasteiger partial charge on any atom is 0.168 e. The molecular weight excluding hydrogens is 190 g/mol. The quantitative estimate of drug-likeness (QED) is 0.704. The van der Waals surface area contributed by atoms with E-state index in [0.29, 0.717) is 5.69 Å². The van der Waals surface area contributed by atoms with Gasteiger partial charge < -0.3 is 4.57 Å². The standard InChI is InChI=1S/C11H17N3O/c1-10-12-7-11(8-15)14(10)9-13-5-3-2-4-6-13/h7-8H,2-6,9H2,1H3. The Morgan fingerprint density at radius 1 is 1.40 bits per heavy atom. The van der Waals surface area contributed by atoms with E-state index in [0.717, 1.165) is 31.9 Å². The van der Waals surface area contributed by atoms with E-state index in [1.165, 1.54) is 19.3 Å². The smallest absolute Gasteiger partial charge is 0.168 e. The monoisotopic (exact) mass is 207 g/mol. The maximum atomic E-state index is 10.8. The van der Waals surface area contributed by atoms with Gasteiger partial charge in [0.15, 0.2) is 6.29 Å². The molecule has 0 aromatic carbocycles. The Morgan fingerprint density at radius 2 is 2.13 bits per heavy atom. The first-order valence-corrected chi connectivity index (χ1v) is 5.51. The van der Waals surface area contributed by atoms with Gasteiger partial charge in [-0.15, -0.1) is 0 Å². The first-order chi connectivity index (χ1) is 7.31. The molecule has 0 radical (unpaired) electrons. The number of aromatic nitrogens is 2. The molecule has 0 amide bonds. The Bertz CT molecular complexity index is 340. The van der Waals surface area contributed by atoms with Gasteiger partial charge in [0.2, 0.25) is 0 Å².